The number of thiol groups is 3. The van der Waals surface area contributed by atoms with Gasteiger partial charge in [0.2, 0.25) is 0 Å². The lowest BCUT2D eigenvalue weighted by molar-refractivity contribution is 0.417. The van der Waals surface area contributed by atoms with Crippen molar-refractivity contribution >= 4 is 94.2 Å². The van der Waals surface area contributed by atoms with Crippen molar-refractivity contribution < 1.29 is 9.84 Å². The molecule has 0 radical (unpaired) electrons. The molecule has 0 saturated carbocycles. The Kier molecular flexibility index (Phi) is 11.1. The molecular weight excluding hydrogens is 601 g/mol. The second-order valence-corrected chi connectivity index (χ2v) is 10.7. The van der Waals surface area contributed by atoms with Crippen LogP contribution in [0.3, 0.4) is 0 Å². The number of fused-ring (bicyclic) bond motifs is 1. The number of nitrogens with zero attached hydrogens (tertiary/aromatic N) is 2. The van der Waals surface area contributed by atoms with Gasteiger partial charge in [-0.25, -0.2) is 0 Å². The molecule has 0 aliphatic carbocycles. The molecule has 0 bridgehead atoms. The zero-order valence-corrected chi connectivity index (χ0v) is 26.2. The lowest BCUT2D eigenvalue weighted by atomic mass is 10.1. The molecule has 0 aliphatic heterocycles. The Labute approximate surface area is 266 Å². The van der Waals surface area contributed by atoms with Gasteiger partial charge in [-0.05, 0) is 61.0 Å². The number of ether oxygens (including phenoxy) is 1. The number of para-hydroxylation sites is 2. The van der Waals surface area contributed by atoms with Crippen LogP contribution in [0.5, 0.6) is 11.5 Å². The van der Waals surface area contributed by atoms with Crippen molar-refractivity contribution in [2.75, 3.05) is 41.5 Å². The maximum atomic E-state index is 10.6. The van der Waals surface area contributed by atoms with Crippen molar-refractivity contribution in [2.45, 2.75) is 21.6 Å². The second-order valence-electron chi connectivity index (χ2n) is 9.21. The molecule has 0 heterocycles. The molecule has 5 rings (SSSR count). The van der Waals surface area contributed by atoms with Gasteiger partial charge in [0.15, 0.2) is 5.75 Å². The first kappa shape index (κ1) is 32.9. The molecule has 0 aliphatic rings. The van der Waals surface area contributed by atoms with E-state index < -0.39 is 0 Å². The van der Waals surface area contributed by atoms with Crippen molar-refractivity contribution in [3.05, 3.63) is 78.4 Å². The number of nitrogen functional groups attached to an aromatic ring is 6. The van der Waals surface area contributed by atoms with Gasteiger partial charge in [-0.2, -0.15) is 5.11 Å². The van der Waals surface area contributed by atoms with Gasteiger partial charge >= 0.3 is 0 Å². The van der Waals surface area contributed by atoms with Crippen LogP contribution >= 0.6 is 37.9 Å². The summed E-state index contributed by atoms with van der Waals surface area (Å²) in [7, 11) is 1.57. The predicted octanol–water partition coefficient (Wildman–Crippen LogP) is 7.01. The van der Waals surface area contributed by atoms with Gasteiger partial charge in [-0.15, -0.1) is 43.0 Å². The normalized spacial score (nSPS) is 10.5. The summed E-state index contributed by atoms with van der Waals surface area (Å²) in [4.78, 5) is 1.80. The van der Waals surface area contributed by atoms with E-state index in [9.17, 15) is 5.11 Å². The molecule has 0 saturated heterocycles. The fourth-order valence-electron chi connectivity index (χ4n) is 3.74. The van der Waals surface area contributed by atoms with Gasteiger partial charge in [0.05, 0.1) is 46.6 Å². The number of aromatic hydroxyl groups is 1. The zero-order chi connectivity index (χ0) is 31.8. The minimum absolute atomic E-state index is 0.136. The number of benzene rings is 5. The summed E-state index contributed by atoms with van der Waals surface area (Å²) >= 11 is 13.0. The largest absolute Gasteiger partial charge is 0.505 e. The van der Waals surface area contributed by atoms with Crippen LogP contribution in [-0.2, 0) is 0 Å². The van der Waals surface area contributed by atoms with Crippen molar-refractivity contribution in [3.8, 4) is 11.5 Å². The van der Waals surface area contributed by atoms with E-state index >= 15 is 0 Å². The first-order valence-electron chi connectivity index (χ1n) is 12.6. The quantitative estimate of drug-likeness (QED) is 0.0565. The lowest BCUT2D eigenvalue weighted by Crippen LogP contribution is -1.96. The Hall–Kier alpha value is -4.59. The number of anilines is 6. The van der Waals surface area contributed by atoms with Crippen molar-refractivity contribution in [2.24, 2.45) is 10.2 Å². The van der Waals surface area contributed by atoms with Gasteiger partial charge in [0, 0.05) is 31.8 Å². The standard InChI is InChI=1S/C16H14N4OS3.C8H12N2O.C6H8N2/c17-10-6-11(23)9-5-12(24)15(16(21)13(9)14(10)18)20-19-7-2-1-3-8(22)4-7;1-5-3-7(10)8(11-2)4-6(5)9;7-5-3-1-2-4-6(5)8/h1-6,21-24H,17-18H2;3-4H,9-10H2,1-2H3;1-4H,7-8H2. The van der Waals surface area contributed by atoms with E-state index in [1.807, 2.05) is 31.2 Å². The third kappa shape index (κ3) is 8.25. The molecule has 0 fully saturated rings. The second kappa shape index (κ2) is 14.5. The third-order valence-corrected chi connectivity index (χ3v) is 7.10. The predicted molar refractivity (Wildman–Crippen MR) is 189 cm³/mol. The Morgan fingerprint density at radius 1 is 0.674 bits per heavy atom. The Morgan fingerprint density at radius 3 is 1.91 bits per heavy atom. The number of phenols is 1. The average molecular weight is 635 g/mol. The smallest absolute Gasteiger partial charge is 0.154 e. The van der Waals surface area contributed by atoms with Crippen LogP contribution in [0.15, 0.2) is 97.7 Å². The highest BCUT2D eigenvalue weighted by molar-refractivity contribution is 7.81. The van der Waals surface area contributed by atoms with Crippen LogP contribution in [0.25, 0.3) is 10.8 Å². The van der Waals surface area contributed by atoms with Crippen LogP contribution in [0.2, 0.25) is 0 Å². The van der Waals surface area contributed by atoms with Crippen LogP contribution < -0.4 is 39.1 Å². The molecule has 43 heavy (non-hydrogen) atoms. The molecule has 0 unspecified atom stereocenters. The summed E-state index contributed by atoms with van der Waals surface area (Å²) in [6, 6.07) is 21.3. The molecule has 13 heteroatoms. The van der Waals surface area contributed by atoms with E-state index in [0.29, 0.717) is 60.4 Å². The van der Waals surface area contributed by atoms with Gasteiger partial charge < -0.3 is 44.2 Å². The number of phenolic OH excluding ortho intramolecular Hbond substituents is 1. The van der Waals surface area contributed by atoms with Crippen molar-refractivity contribution in [1.29, 1.82) is 0 Å². The van der Waals surface area contributed by atoms with E-state index in [0.717, 1.165) is 10.5 Å². The van der Waals surface area contributed by atoms with Gasteiger partial charge in [-0.3, -0.25) is 0 Å². The summed E-state index contributed by atoms with van der Waals surface area (Å²) in [5.74, 6) is 0.497. The van der Waals surface area contributed by atoms with E-state index in [2.05, 4.69) is 48.1 Å². The van der Waals surface area contributed by atoms with Crippen LogP contribution in [-0.4, -0.2) is 12.2 Å². The highest BCUT2D eigenvalue weighted by atomic mass is 32.1. The molecule has 0 atom stereocenters. The van der Waals surface area contributed by atoms with Crippen molar-refractivity contribution in [3.63, 3.8) is 0 Å². The topological polar surface area (TPSA) is 210 Å². The summed E-state index contributed by atoms with van der Waals surface area (Å²) in [5, 5.41) is 19.9. The first-order valence-corrected chi connectivity index (χ1v) is 13.9. The molecule has 10 nitrogen and oxygen atoms in total. The fraction of sp³-hybridized carbons (Fsp3) is 0.0667. The maximum Gasteiger partial charge on any atom is 0.154 e. The number of hydrogen-bond acceptors (Lipinski definition) is 13. The minimum atomic E-state index is -0.136. The zero-order valence-electron chi connectivity index (χ0n) is 23.5. The Morgan fingerprint density at radius 2 is 1.33 bits per heavy atom. The number of azo groups is 1. The van der Waals surface area contributed by atoms with E-state index in [4.69, 9.17) is 39.1 Å². The maximum absolute atomic E-state index is 10.6. The number of hydrogen-bond donors (Lipinski definition) is 10. The summed E-state index contributed by atoms with van der Waals surface area (Å²) in [5.41, 5.74) is 38.9. The highest BCUT2D eigenvalue weighted by Gasteiger charge is 2.17. The monoisotopic (exact) mass is 634 g/mol. The summed E-state index contributed by atoms with van der Waals surface area (Å²) in [6.07, 6.45) is 0. The van der Waals surface area contributed by atoms with Crippen LogP contribution in [0, 0.1) is 6.92 Å². The molecule has 5 aromatic carbocycles. The van der Waals surface area contributed by atoms with E-state index in [1.165, 1.54) is 0 Å². The van der Waals surface area contributed by atoms with E-state index in [-0.39, 0.29) is 17.1 Å². The molecule has 13 N–H and O–H groups in total. The number of methoxy groups -OCH3 is 1. The molecule has 0 spiro atoms. The number of aryl methyl sites for hydroxylation is 1. The summed E-state index contributed by atoms with van der Waals surface area (Å²) in [6.45, 7) is 1.91. The average Bonchev–Trinajstić information content (AvgIpc) is 2.96. The SMILES string of the molecule is COc1cc(N)c(C)cc1N.Nc1cc(S)c2cc(S)c(N=Nc3cccc(S)c3)c(O)c2c1N.Nc1ccccc1N. The van der Waals surface area contributed by atoms with Gasteiger partial charge in [0.1, 0.15) is 11.4 Å². The number of rotatable bonds is 3. The van der Waals surface area contributed by atoms with Crippen molar-refractivity contribution in [1.82, 2.24) is 0 Å². The molecule has 0 aromatic heterocycles. The Bertz CT molecular complexity index is 1780. The van der Waals surface area contributed by atoms with Gasteiger partial charge in [-0.1, -0.05) is 18.2 Å². The third-order valence-electron chi connectivity index (χ3n) is 6.11. The summed E-state index contributed by atoms with van der Waals surface area (Å²) < 4.78 is 4.98. The first-order chi connectivity index (χ1) is 20.3. The number of nitrogens with two attached hydrogens (primary N) is 6. The van der Waals surface area contributed by atoms with Crippen LogP contribution in [0.1, 0.15) is 5.56 Å². The molecule has 5 aromatic rings. The molecular formula is C30H34N8O2S3. The fourth-order valence-corrected chi connectivity index (χ4v) is 4.56. The molecule has 224 valence electrons. The highest BCUT2D eigenvalue weighted by Crippen LogP contribution is 2.46. The Balaban J connectivity index is 0.000000218. The van der Waals surface area contributed by atoms with Crippen LogP contribution in [0.4, 0.5) is 45.5 Å². The van der Waals surface area contributed by atoms with E-state index in [1.54, 1.807) is 55.6 Å². The van der Waals surface area contributed by atoms with Gasteiger partial charge in [0.25, 0.3) is 0 Å². The lowest BCUT2D eigenvalue weighted by Gasteiger charge is -2.12. The minimum Gasteiger partial charge on any atom is -0.505 e. The molecule has 0 amide bonds.